The van der Waals surface area contributed by atoms with Crippen molar-refractivity contribution in [3.8, 4) is 0 Å². The molecule has 0 aromatic heterocycles. The number of nitrogens with two attached hydrogens (primary N) is 1. The average molecular weight is 187 g/mol. The van der Waals surface area contributed by atoms with E-state index in [2.05, 4.69) is 10.5 Å². The second kappa shape index (κ2) is 3.93. The molecule has 0 aliphatic carbocycles. The van der Waals surface area contributed by atoms with Crippen molar-refractivity contribution in [1.29, 1.82) is 0 Å². The van der Waals surface area contributed by atoms with Gasteiger partial charge < -0.3 is 21.0 Å². The highest BCUT2D eigenvalue weighted by Crippen LogP contribution is 2.24. The van der Waals surface area contributed by atoms with Crippen molar-refractivity contribution in [2.45, 2.75) is 31.9 Å². The lowest BCUT2D eigenvalue weighted by Gasteiger charge is -2.26. The van der Waals surface area contributed by atoms with Crippen LogP contribution in [-0.2, 0) is 4.74 Å². The normalized spacial score (nSPS) is 27.8. The molecule has 0 amide bonds. The van der Waals surface area contributed by atoms with Crippen LogP contribution in [0, 0.1) is 0 Å². The highest BCUT2D eigenvalue weighted by atomic mass is 16.5. The first-order valence-corrected chi connectivity index (χ1v) is 4.40. The van der Waals surface area contributed by atoms with Crippen LogP contribution in [0.15, 0.2) is 5.16 Å². The van der Waals surface area contributed by atoms with Gasteiger partial charge in [-0.2, -0.15) is 0 Å². The summed E-state index contributed by atoms with van der Waals surface area (Å²) >= 11 is 0. The molecule has 5 nitrogen and oxygen atoms in total. The van der Waals surface area contributed by atoms with Crippen molar-refractivity contribution >= 4 is 5.84 Å². The second-order valence-electron chi connectivity index (χ2n) is 3.77. The highest BCUT2D eigenvalue weighted by Gasteiger charge is 2.35. The molecular formula is C8H17N3O2. The predicted molar refractivity (Wildman–Crippen MR) is 49.8 cm³/mol. The number of amidine groups is 1. The highest BCUT2D eigenvalue weighted by molar-refractivity contribution is 5.81. The van der Waals surface area contributed by atoms with Gasteiger partial charge in [0.1, 0.15) is 0 Å². The van der Waals surface area contributed by atoms with Gasteiger partial charge in [-0.1, -0.05) is 5.16 Å². The molecule has 1 aliphatic heterocycles. The van der Waals surface area contributed by atoms with Gasteiger partial charge in [0, 0.05) is 12.6 Å². The van der Waals surface area contributed by atoms with Gasteiger partial charge in [0.2, 0.25) is 0 Å². The van der Waals surface area contributed by atoms with Crippen molar-refractivity contribution in [3.63, 3.8) is 0 Å². The molecule has 0 bridgehead atoms. The number of oxime groups is 1. The third-order valence-electron chi connectivity index (χ3n) is 2.38. The van der Waals surface area contributed by atoms with Gasteiger partial charge in [-0.15, -0.1) is 0 Å². The van der Waals surface area contributed by atoms with Crippen LogP contribution in [0.3, 0.4) is 0 Å². The summed E-state index contributed by atoms with van der Waals surface area (Å²) in [5.41, 5.74) is 5.18. The number of hydrogen-bond acceptors (Lipinski definition) is 4. The zero-order valence-electron chi connectivity index (χ0n) is 8.08. The minimum atomic E-state index is -0.157. The van der Waals surface area contributed by atoms with Gasteiger partial charge in [-0.3, -0.25) is 0 Å². The van der Waals surface area contributed by atoms with Gasteiger partial charge in [0.15, 0.2) is 5.84 Å². The lowest BCUT2D eigenvalue weighted by Crippen LogP contribution is -2.46. The molecule has 0 saturated carbocycles. The summed E-state index contributed by atoms with van der Waals surface area (Å²) < 4.78 is 5.51. The SMILES string of the molecule is CC1(C)OCCC1NC/C(N)=N/O. The minimum Gasteiger partial charge on any atom is -0.409 e. The quantitative estimate of drug-likeness (QED) is 0.249. The summed E-state index contributed by atoms with van der Waals surface area (Å²) in [6.45, 7) is 5.22. The fraction of sp³-hybridized carbons (Fsp3) is 0.875. The smallest absolute Gasteiger partial charge is 0.153 e. The molecule has 0 radical (unpaired) electrons. The lowest BCUT2D eigenvalue weighted by molar-refractivity contribution is 0.0225. The van der Waals surface area contributed by atoms with Crippen molar-refractivity contribution < 1.29 is 9.94 Å². The summed E-state index contributed by atoms with van der Waals surface area (Å²) in [6, 6.07) is 0.271. The van der Waals surface area contributed by atoms with Gasteiger partial charge in [-0.25, -0.2) is 0 Å². The standard InChI is InChI=1S/C8H17N3O2/c1-8(2)6(3-4-13-8)10-5-7(9)11-12/h6,10,12H,3-5H2,1-2H3,(H2,9,11). The van der Waals surface area contributed by atoms with E-state index in [9.17, 15) is 0 Å². The molecule has 0 aromatic rings. The molecule has 4 N–H and O–H groups in total. The fourth-order valence-corrected chi connectivity index (χ4v) is 1.50. The van der Waals surface area contributed by atoms with Crippen LogP contribution in [0.1, 0.15) is 20.3 Å². The first kappa shape index (κ1) is 10.3. The molecule has 1 aliphatic rings. The van der Waals surface area contributed by atoms with E-state index in [1.165, 1.54) is 0 Å². The Kier molecular flexibility index (Phi) is 3.11. The molecule has 1 atom stereocenters. The Morgan fingerprint density at radius 2 is 2.46 bits per heavy atom. The van der Waals surface area contributed by atoms with E-state index in [4.69, 9.17) is 15.7 Å². The third-order valence-corrected chi connectivity index (χ3v) is 2.38. The van der Waals surface area contributed by atoms with Gasteiger partial charge in [-0.05, 0) is 20.3 Å². The van der Waals surface area contributed by atoms with Crippen LogP contribution in [0.4, 0.5) is 0 Å². The summed E-state index contributed by atoms with van der Waals surface area (Å²) in [5.74, 6) is 0.197. The van der Waals surface area contributed by atoms with E-state index >= 15 is 0 Å². The maximum Gasteiger partial charge on any atom is 0.153 e. The molecule has 1 heterocycles. The number of nitrogens with one attached hydrogen (secondary N) is 1. The first-order valence-electron chi connectivity index (χ1n) is 4.40. The zero-order valence-corrected chi connectivity index (χ0v) is 8.08. The molecule has 76 valence electrons. The number of nitrogens with zero attached hydrogens (tertiary/aromatic N) is 1. The Morgan fingerprint density at radius 3 is 2.92 bits per heavy atom. The van der Waals surface area contributed by atoms with E-state index < -0.39 is 0 Å². The van der Waals surface area contributed by atoms with Crippen molar-refractivity contribution in [2.75, 3.05) is 13.2 Å². The molecule has 1 rings (SSSR count). The molecule has 5 heteroatoms. The van der Waals surface area contributed by atoms with Crippen LogP contribution in [0.2, 0.25) is 0 Å². The monoisotopic (exact) mass is 187 g/mol. The van der Waals surface area contributed by atoms with Gasteiger partial charge in [0.05, 0.1) is 12.1 Å². The third kappa shape index (κ3) is 2.57. The maximum absolute atomic E-state index is 8.33. The summed E-state index contributed by atoms with van der Waals surface area (Å²) in [6.07, 6.45) is 0.964. The van der Waals surface area contributed by atoms with Crippen molar-refractivity contribution in [1.82, 2.24) is 5.32 Å². The molecule has 13 heavy (non-hydrogen) atoms. The second-order valence-corrected chi connectivity index (χ2v) is 3.77. The molecule has 0 spiro atoms. The van der Waals surface area contributed by atoms with E-state index in [1.54, 1.807) is 0 Å². The van der Waals surface area contributed by atoms with E-state index in [-0.39, 0.29) is 17.5 Å². The molecular weight excluding hydrogens is 170 g/mol. The Morgan fingerprint density at radius 1 is 1.77 bits per heavy atom. The number of ether oxygens (including phenoxy) is 1. The van der Waals surface area contributed by atoms with E-state index in [1.807, 2.05) is 13.8 Å². The largest absolute Gasteiger partial charge is 0.409 e. The average Bonchev–Trinajstić information content (AvgIpc) is 2.41. The molecule has 0 aromatic carbocycles. The van der Waals surface area contributed by atoms with E-state index in [0.717, 1.165) is 13.0 Å². The summed E-state index contributed by atoms with van der Waals surface area (Å²) in [7, 11) is 0. The first-order chi connectivity index (χ1) is 6.06. The van der Waals surface area contributed by atoms with Crippen molar-refractivity contribution in [2.24, 2.45) is 10.9 Å². The predicted octanol–water partition coefficient (Wildman–Crippen LogP) is -0.110. The molecule has 1 unspecified atom stereocenters. The minimum absolute atomic E-state index is 0.157. The lowest BCUT2D eigenvalue weighted by atomic mass is 9.99. The van der Waals surface area contributed by atoms with Gasteiger partial charge in [0.25, 0.3) is 0 Å². The Hall–Kier alpha value is -0.810. The Labute approximate surface area is 77.9 Å². The Bertz CT molecular complexity index is 204. The summed E-state index contributed by atoms with van der Waals surface area (Å²) in [5, 5.41) is 14.4. The topological polar surface area (TPSA) is 79.9 Å². The summed E-state index contributed by atoms with van der Waals surface area (Å²) in [4.78, 5) is 0. The van der Waals surface area contributed by atoms with Crippen LogP contribution < -0.4 is 11.1 Å². The maximum atomic E-state index is 8.33. The zero-order chi connectivity index (χ0) is 9.90. The van der Waals surface area contributed by atoms with Gasteiger partial charge >= 0.3 is 0 Å². The van der Waals surface area contributed by atoms with E-state index in [0.29, 0.717) is 6.54 Å². The van der Waals surface area contributed by atoms with Crippen molar-refractivity contribution in [3.05, 3.63) is 0 Å². The number of rotatable bonds is 3. The fourth-order valence-electron chi connectivity index (χ4n) is 1.50. The van der Waals surface area contributed by atoms with Crippen LogP contribution >= 0.6 is 0 Å². The Balaban J connectivity index is 2.37. The molecule has 1 fully saturated rings. The van der Waals surface area contributed by atoms with Crippen LogP contribution in [-0.4, -0.2) is 35.8 Å². The molecule has 1 saturated heterocycles. The van der Waals surface area contributed by atoms with Crippen LogP contribution in [0.5, 0.6) is 0 Å². The van der Waals surface area contributed by atoms with Crippen LogP contribution in [0.25, 0.3) is 0 Å². The number of hydrogen-bond donors (Lipinski definition) is 3.